The molecule has 0 radical (unpaired) electrons. The Morgan fingerprint density at radius 3 is 2.81 bits per heavy atom. The van der Waals surface area contributed by atoms with Crippen LogP contribution in [0.1, 0.15) is 29.6 Å². The van der Waals surface area contributed by atoms with Crippen molar-refractivity contribution in [1.82, 2.24) is 10.3 Å². The molecule has 1 aromatic heterocycles. The first-order valence-electron chi connectivity index (χ1n) is 8.46. The van der Waals surface area contributed by atoms with Crippen LogP contribution in [0.15, 0.2) is 42.6 Å². The number of benzene rings is 1. The molecule has 0 saturated carbocycles. The zero-order chi connectivity index (χ0) is 18.5. The van der Waals surface area contributed by atoms with Gasteiger partial charge in [-0.3, -0.25) is 14.9 Å². The highest BCUT2D eigenvalue weighted by atomic mass is 35.5. The van der Waals surface area contributed by atoms with E-state index in [1.807, 2.05) is 23.1 Å². The second kappa shape index (κ2) is 8.14. The van der Waals surface area contributed by atoms with Gasteiger partial charge in [0.2, 0.25) is 0 Å². The zero-order valence-electron chi connectivity index (χ0n) is 14.1. The predicted molar refractivity (Wildman–Crippen MR) is 99.7 cm³/mol. The van der Waals surface area contributed by atoms with E-state index in [-0.39, 0.29) is 22.7 Å². The topological polar surface area (TPSA) is 88.4 Å². The van der Waals surface area contributed by atoms with Crippen molar-refractivity contribution >= 4 is 29.0 Å². The van der Waals surface area contributed by atoms with Gasteiger partial charge in [0, 0.05) is 30.8 Å². The lowest BCUT2D eigenvalue weighted by molar-refractivity contribution is -0.385. The third-order valence-electron chi connectivity index (χ3n) is 4.45. The van der Waals surface area contributed by atoms with Crippen LogP contribution in [-0.4, -0.2) is 34.9 Å². The Morgan fingerprint density at radius 2 is 2.12 bits per heavy atom. The fraction of sp³-hybridized carbons (Fsp3) is 0.333. The molecule has 1 amide bonds. The lowest BCUT2D eigenvalue weighted by Gasteiger charge is -2.37. The van der Waals surface area contributed by atoms with Gasteiger partial charge in [0.15, 0.2) is 0 Å². The van der Waals surface area contributed by atoms with Crippen LogP contribution in [0, 0.1) is 10.1 Å². The first-order chi connectivity index (χ1) is 12.6. The van der Waals surface area contributed by atoms with Gasteiger partial charge in [0.05, 0.1) is 9.95 Å². The smallest absolute Gasteiger partial charge is 0.289 e. The van der Waals surface area contributed by atoms with Crippen molar-refractivity contribution in [3.8, 4) is 0 Å². The lowest BCUT2D eigenvalue weighted by Crippen LogP contribution is -2.47. The number of rotatable bonds is 5. The fourth-order valence-corrected chi connectivity index (χ4v) is 3.39. The summed E-state index contributed by atoms with van der Waals surface area (Å²) in [5.74, 6) is 0.398. The number of hydrogen-bond acceptors (Lipinski definition) is 5. The van der Waals surface area contributed by atoms with Gasteiger partial charge >= 0.3 is 0 Å². The molecule has 136 valence electrons. The minimum absolute atomic E-state index is 0.0443. The van der Waals surface area contributed by atoms with Gasteiger partial charge in [-0.25, -0.2) is 4.98 Å². The van der Waals surface area contributed by atoms with Gasteiger partial charge in [0.1, 0.15) is 12.0 Å². The van der Waals surface area contributed by atoms with Gasteiger partial charge in [-0.05, 0) is 31.4 Å². The Bertz CT molecular complexity index is 800. The summed E-state index contributed by atoms with van der Waals surface area (Å²) < 4.78 is 0. The Balaban J connectivity index is 1.72. The number of nitro groups is 1. The van der Waals surface area contributed by atoms with E-state index in [4.69, 9.17) is 11.6 Å². The third kappa shape index (κ3) is 4.11. The maximum Gasteiger partial charge on any atom is 0.289 e. The number of nitrogens with zero attached hydrogens (tertiary/aromatic N) is 3. The van der Waals surface area contributed by atoms with Crippen LogP contribution in [0.25, 0.3) is 0 Å². The molecule has 0 bridgehead atoms. The van der Waals surface area contributed by atoms with E-state index in [2.05, 4.69) is 10.3 Å². The van der Waals surface area contributed by atoms with E-state index >= 15 is 0 Å². The van der Waals surface area contributed by atoms with E-state index in [0.29, 0.717) is 17.9 Å². The Hall–Kier alpha value is -2.67. The molecular formula is C18H19ClN4O3. The maximum atomic E-state index is 12.3. The number of pyridine rings is 1. The van der Waals surface area contributed by atoms with Gasteiger partial charge in [-0.15, -0.1) is 0 Å². The number of nitrogens with one attached hydrogen (secondary N) is 1. The summed E-state index contributed by atoms with van der Waals surface area (Å²) in [5.41, 5.74) is 0.478. The van der Waals surface area contributed by atoms with Crippen LogP contribution in [0.4, 0.5) is 11.5 Å². The normalized spacial score (nSPS) is 17.0. The van der Waals surface area contributed by atoms with Crippen LogP contribution in [-0.2, 0) is 0 Å². The molecule has 1 saturated heterocycles. The highest BCUT2D eigenvalue weighted by molar-refractivity contribution is 6.33. The summed E-state index contributed by atoms with van der Waals surface area (Å²) in [7, 11) is 0. The zero-order valence-corrected chi connectivity index (χ0v) is 14.9. The molecule has 1 atom stereocenters. The number of carbonyl (C=O) groups excluding carboxylic acids is 1. The number of halogens is 1. The lowest BCUT2D eigenvalue weighted by atomic mass is 10.0. The average Bonchev–Trinajstić information content (AvgIpc) is 2.67. The highest BCUT2D eigenvalue weighted by Crippen LogP contribution is 2.31. The molecule has 1 N–H and O–H groups in total. The molecule has 7 nitrogen and oxygen atoms in total. The van der Waals surface area contributed by atoms with Gasteiger partial charge in [-0.2, -0.15) is 0 Å². The number of amides is 1. The van der Waals surface area contributed by atoms with Crippen molar-refractivity contribution in [2.24, 2.45) is 0 Å². The minimum atomic E-state index is -0.517. The molecule has 1 aliphatic heterocycles. The Kier molecular flexibility index (Phi) is 5.68. The van der Waals surface area contributed by atoms with E-state index < -0.39 is 4.92 Å². The first kappa shape index (κ1) is 18.1. The van der Waals surface area contributed by atoms with Crippen LogP contribution < -0.4 is 10.2 Å². The number of anilines is 1. The van der Waals surface area contributed by atoms with Gasteiger partial charge < -0.3 is 10.2 Å². The second-order valence-electron chi connectivity index (χ2n) is 6.18. The molecule has 3 rings (SSSR count). The SMILES string of the molecule is O=C(NCC1CCCCN1c1ncc([N+](=O)[O-])cc1Cl)c1ccccc1. The highest BCUT2D eigenvalue weighted by Gasteiger charge is 2.26. The minimum Gasteiger partial charge on any atom is -0.351 e. The summed E-state index contributed by atoms with van der Waals surface area (Å²) >= 11 is 6.23. The van der Waals surface area contributed by atoms with Crippen molar-refractivity contribution in [2.75, 3.05) is 18.0 Å². The van der Waals surface area contributed by atoms with Crippen LogP contribution in [0.3, 0.4) is 0 Å². The van der Waals surface area contributed by atoms with Crippen LogP contribution >= 0.6 is 11.6 Å². The van der Waals surface area contributed by atoms with E-state index in [1.54, 1.807) is 12.1 Å². The number of piperidine rings is 1. The summed E-state index contributed by atoms with van der Waals surface area (Å²) in [6.45, 7) is 1.21. The van der Waals surface area contributed by atoms with E-state index in [1.165, 1.54) is 12.3 Å². The van der Waals surface area contributed by atoms with Crippen molar-refractivity contribution in [2.45, 2.75) is 25.3 Å². The van der Waals surface area contributed by atoms with Crippen molar-refractivity contribution in [1.29, 1.82) is 0 Å². The molecule has 1 aliphatic rings. The number of hydrogen-bond donors (Lipinski definition) is 1. The molecule has 8 heteroatoms. The molecule has 0 spiro atoms. The van der Waals surface area contributed by atoms with Crippen molar-refractivity contribution in [3.63, 3.8) is 0 Å². The first-order valence-corrected chi connectivity index (χ1v) is 8.84. The standard InChI is InChI=1S/C18H19ClN4O3/c19-16-10-15(23(25)26)12-20-17(16)22-9-5-4-8-14(22)11-21-18(24)13-6-2-1-3-7-13/h1-3,6-7,10,12,14H,4-5,8-9,11H2,(H,21,24). The second-order valence-corrected chi connectivity index (χ2v) is 6.58. The monoisotopic (exact) mass is 374 g/mol. The number of carbonyl (C=O) groups is 1. The van der Waals surface area contributed by atoms with Crippen LogP contribution in [0.5, 0.6) is 0 Å². The number of aromatic nitrogens is 1. The van der Waals surface area contributed by atoms with E-state index in [0.717, 1.165) is 25.8 Å². The third-order valence-corrected chi connectivity index (χ3v) is 4.73. The van der Waals surface area contributed by atoms with Crippen LogP contribution in [0.2, 0.25) is 5.02 Å². The van der Waals surface area contributed by atoms with Gasteiger partial charge in [-0.1, -0.05) is 29.8 Å². The molecule has 2 aromatic rings. The van der Waals surface area contributed by atoms with Gasteiger partial charge in [0.25, 0.3) is 11.6 Å². The molecule has 1 fully saturated rings. The average molecular weight is 375 g/mol. The largest absolute Gasteiger partial charge is 0.351 e. The van der Waals surface area contributed by atoms with Crippen molar-refractivity contribution < 1.29 is 9.72 Å². The Morgan fingerprint density at radius 1 is 1.35 bits per heavy atom. The fourth-order valence-electron chi connectivity index (χ4n) is 3.13. The predicted octanol–water partition coefficient (Wildman–Crippen LogP) is 3.43. The summed E-state index contributed by atoms with van der Waals surface area (Å²) in [4.78, 5) is 28.8. The van der Waals surface area contributed by atoms with Crippen molar-refractivity contribution in [3.05, 3.63) is 63.3 Å². The summed E-state index contributed by atoms with van der Waals surface area (Å²) in [6, 6.07) is 10.4. The summed E-state index contributed by atoms with van der Waals surface area (Å²) in [5, 5.41) is 14.1. The Labute approximate surface area is 156 Å². The quantitative estimate of drug-likeness (QED) is 0.639. The molecule has 1 aromatic carbocycles. The molecule has 0 aliphatic carbocycles. The maximum absolute atomic E-state index is 12.3. The summed E-state index contributed by atoms with van der Waals surface area (Å²) in [6.07, 6.45) is 4.14. The molecule has 26 heavy (non-hydrogen) atoms. The van der Waals surface area contributed by atoms with E-state index in [9.17, 15) is 14.9 Å². The molecular weight excluding hydrogens is 356 g/mol. The molecule has 2 heterocycles. The molecule has 1 unspecified atom stereocenters.